The summed E-state index contributed by atoms with van der Waals surface area (Å²) in [5.74, 6) is -0.566. The van der Waals surface area contributed by atoms with E-state index in [-0.39, 0.29) is 6.42 Å². The highest BCUT2D eigenvalue weighted by atomic mass is 16.5. The Bertz CT molecular complexity index is 340. The van der Waals surface area contributed by atoms with E-state index in [1.165, 1.54) is 14.2 Å². The van der Waals surface area contributed by atoms with Crippen molar-refractivity contribution in [2.45, 2.75) is 12.5 Å². The number of methoxy groups -OCH3 is 2. The van der Waals surface area contributed by atoms with Crippen LogP contribution in [0.5, 0.6) is 5.88 Å². The summed E-state index contributed by atoms with van der Waals surface area (Å²) in [4.78, 5) is 14.7. The quantitative estimate of drug-likeness (QED) is 0.777. The third kappa shape index (κ3) is 2.92. The standard InChI is InChI=1S/C10H13NO4/c1-14-8(10(12)13)6-7-4-3-5-11-9(7)15-2/h3-5,8H,6H2,1-2H3,(H,12,13). The van der Waals surface area contributed by atoms with Crippen LogP contribution in [-0.2, 0) is 16.0 Å². The first-order valence-corrected chi connectivity index (χ1v) is 4.42. The van der Waals surface area contributed by atoms with Crippen LogP contribution >= 0.6 is 0 Å². The minimum absolute atomic E-state index is 0.239. The predicted molar refractivity (Wildman–Crippen MR) is 52.9 cm³/mol. The molecule has 0 amide bonds. The SMILES string of the molecule is COc1ncccc1CC(OC)C(=O)O. The van der Waals surface area contributed by atoms with Gasteiger partial charge in [0.1, 0.15) is 0 Å². The summed E-state index contributed by atoms with van der Waals surface area (Å²) in [5, 5.41) is 8.81. The third-order valence-electron chi connectivity index (χ3n) is 2.01. The van der Waals surface area contributed by atoms with Crippen LogP contribution in [0.15, 0.2) is 18.3 Å². The Morgan fingerprint density at radius 2 is 2.33 bits per heavy atom. The molecule has 0 saturated carbocycles. The minimum atomic E-state index is -0.997. The number of hydrogen-bond donors (Lipinski definition) is 1. The Morgan fingerprint density at radius 3 is 2.87 bits per heavy atom. The molecule has 0 aliphatic carbocycles. The van der Waals surface area contributed by atoms with Crippen molar-refractivity contribution in [1.82, 2.24) is 4.98 Å². The molecular formula is C10H13NO4. The van der Waals surface area contributed by atoms with Gasteiger partial charge in [0.25, 0.3) is 0 Å². The minimum Gasteiger partial charge on any atom is -0.481 e. The maximum atomic E-state index is 10.7. The van der Waals surface area contributed by atoms with Crippen LogP contribution < -0.4 is 4.74 Å². The lowest BCUT2D eigenvalue weighted by molar-refractivity contribution is -0.148. The fraction of sp³-hybridized carbons (Fsp3) is 0.400. The number of nitrogens with zero attached hydrogens (tertiary/aromatic N) is 1. The van der Waals surface area contributed by atoms with Crippen molar-refractivity contribution >= 4 is 5.97 Å². The molecule has 0 spiro atoms. The van der Waals surface area contributed by atoms with Gasteiger partial charge in [0, 0.05) is 25.3 Å². The summed E-state index contributed by atoms with van der Waals surface area (Å²) in [6.07, 6.45) is 0.955. The van der Waals surface area contributed by atoms with E-state index < -0.39 is 12.1 Å². The fourth-order valence-corrected chi connectivity index (χ4v) is 1.23. The Hall–Kier alpha value is -1.62. The van der Waals surface area contributed by atoms with Gasteiger partial charge in [-0.1, -0.05) is 6.07 Å². The van der Waals surface area contributed by atoms with Gasteiger partial charge in [-0.2, -0.15) is 0 Å². The van der Waals surface area contributed by atoms with Gasteiger partial charge < -0.3 is 14.6 Å². The zero-order valence-corrected chi connectivity index (χ0v) is 8.64. The summed E-state index contributed by atoms with van der Waals surface area (Å²) in [6, 6.07) is 3.49. The molecule has 1 heterocycles. The number of carboxylic acid groups (broad SMARTS) is 1. The second kappa shape index (κ2) is 5.31. The smallest absolute Gasteiger partial charge is 0.333 e. The number of carbonyl (C=O) groups is 1. The second-order valence-electron chi connectivity index (χ2n) is 2.94. The van der Waals surface area contributed by atoms with Crippen molar-refractivity contribution in [3.05, 3.63) is 23.9 Å². The van der Waals surface area contributed by atoms with E-state index in [1.54, 1.807) is 18.3 Å². The van der Waals surface area contributed by atoms with Crippen LogP contribution in [0.2, 0.25) is 0 Å². The summed E-state index contributed by atoms with van der Waals surface area (Å²) in [7, 11) is 2.86. The molecule has 82 valence electrons. The normalized spacial score (nSPS) is 12.1. The number of ether oxygens (including phenoxy) is 2. The largest absolute Gasteiger partial charge is 0.481 e. The molecule has 1 atom stereocenters. The third-order valence-corrected chi connectivity index (χ3v) is 2.01. The van der Waals surface area contributed by atoms with Crippen LogP contribution in [0.4, 0.5) is 0 Å². The summed E-state index contributed by atoms with van der Waals surface area (Å²) in [6.45, 7) is 0. The Kier molecular flexibility index (Phi) is 4.05. The molecule has 1 unspecified atom stereocenters. The van der Waals surface area contributed by atoms with Gasteiger partial charge in [-0.3, -0.25) is 0 Å². The number of pyridine rings is 1. The fourth-order valence-electron chi connectivity index (χ4n) is 1.23. The molecule has 0 fully saturated rings. The summed E-state index contributed by atoms with van der Waals surface area (Å²) < 4.78 is 9.84. The lowest BCUT2D eigenvalue weighted by Crippen LogP contribution is -2.25. The monoisotopic (exact) mass is 211 g/mol. The maximum Gasteiger partial charge on any atom is 0.333 e. The van der Waals surface area contributed by atoms with Gasteiger partial charge in [-0.05, 0) is 6.07 Å². The summed E-state index contributed by atoms with van der Waals surface area (Å²) >= 11 is 0. The Balaban J connectivity index is 2.82. The second-order valence-corrected chi connectivity index (χ2v) is 2.94. The molecule has 0 saturated heterocycles. The number of rotatable bonds is 5. The lowest BCUT2D eigenvalue weighted by atomic mass is 10.1. The van der Waals surface area contributed by atoms with Gasteiger partial charge in [0.15, 0.2) is 6.10 Å². The van der Waals surface area contributed by atoms with Crippen LogP contribution in [-0.4, -0.2) is 36.4 Å². The van der Waals surface area contributed by atoms with Crippen molar-refractivity contribution in [2.75, 3.05) is 14.2 Å². The van der Waals surface area contributed by atoms with Gasteiger partial charge in [0.2, 0.25) is 5.88 Å². The molecule has 0 bridgehead atoms. The molecule has 1 rings (SSSR count). The zero-order chi connectivity index (χ0) is 11.3. The van der Waals surface area contributed by atoms with Crippen LogP contribution in [0.25, 0.3) is 0 Å². The highest BCUT2D eigenvalue weighted by molar-refractivity contribution is 5.72. The number of aliphatic carboxylic acids is 1. The zero-order valence-electron chi connectivity index (χ0n) is 8.64. The van der Waals surface area contributed by atoms with E-state index in [1.807, 2.05) is 0 Å². The van der Waals surface area contributed by atoms with E-state index in [0.29, 0.717) is 11.4 Å². The van der Waals surface area contributed by atoms with Crippen molar-refractivity contribution in [3.63, 3.8) is 0 Å². The van der Waals surface area contributed by atoms with Gasteiger partial charge in [-0.15, -0.1) is 0 Å². The van der Waals surface area contributed by atoms with E-state index in [9.17, 15) is 4.79 Å². The molecule has 0 aliphatic rings. The van der Waals surface area contributed by atoms with Crippen molar-refractivity contribution in [1.29, 1.82) is 0 Å². The van der Waals surface area contributed by atoms with E-state index in [4.69, 9.17) is 14.6 Å². The molecule has 15 heavy (non-hydrogen) atoms. The highest BCUT2D eigenvalue weighted by Crippen LogP contribution is 2.16. The molecule has 1 aromatic heterocycles. The van der Waals surface area contributed by atoms with Crippen LogP contribution in [0, 0.1) is 0 Å². The summed E-state index contributed by atoms with van der Waals surface area (Å²) in [5.41, 5.74) is 0.717. The van der Waals surface area contributed by atoms with Crippen LogP contribution in [0.3, 0.4) is 0 Å². The van der Waals surface area contributed by atoms with Crippen molar-refractivity contribution < 1.29 is 19.4 Å². The van der Waals surface area contributed by atoms with Gasteiger partial charge in [0.05, 0.1) is 7.11 Å². The van der Waals surface area contributed by atoms with E-state index in [0.717, 1.165) is 0 Å². The molecule has 0 aliphatic heterocycles. The van der Waals surface area contributed by atoms with E-state index in [2.05, 4.69) is 4.98 Å². The average Bonchev–Trinajstić information content (AvgIpc) is 2.25. The van der Waals surface area contributed by atoms with E-state index >= 15 is 0 Å². The molecular weight excluding hydrogens is 198 g/mol. The predicted octanol–water partition coefficient (Wildman–Crippen LogP) is 0.732. The first-order valence-electron chi connectivity index (χ1n) is 4.42. The topological polar surface area (TPSA) is 68.7 Å². The first-order chi connectivity index (χ1) is 7.19. The van der Waals surface area contributed by atoms with Crippen LogP contribution in [0.1, 0.15) is 5.56 Å². The molecule has 5 heteroatoms. The molecule has 5 nitrogen and oxygen atoms in total. The Morgan fingerprint density at radius 1 is 1.60 bits per heavy atom. The molecule has 1 aromatic rings. The van der Waals surface area contributed by atoms with Gasteiger partial charge >= 0.3 is 5.97 Å². The lowest BCUT2D eigenvalue weighted by Gasteiger charge is -2.11. The number of carboxylic acids is 1. The number of hydrogen-bond acceptors (Lipinski definition) is 4. The highest BCUT2D eigenvalue weighted by Gasteiger charge is 2.19. The molecule has 0 radical (unpaired) electrons. The molecule has 1 N–H and O–H groups in total. The maximum absolute atomic E-state index is 10.7. The first kappa shape index (κ1) is 11.5. The van der Waals surface area contributed by atoms with Gasteiger partial charge in [-0.25, -0.2) is 9.78 Å². The Labute approximate surface area is 87.7 Å². The average molecular weight is 211 g/mol. The van der Waals surface area contributed by atoms with Crippen molar-refractivity contribution in [3.8, 4) is 5.88 Å². The van der Waals surface area contributed by atoms with Crippen molar-refractivity contribution in [2.24, 2.45) is 0 Å². The molecule has 0 aromatic carbocycles. The number of aromatic nitrogens is 1.